The molecule has 27 heavy (non-hydrogen) atoms. The van der Waals surface area contributed by atoms with Gasteiger partial charge in [-0.05, 0) is 46.0 Å². The molecule has 2 aliphatic rings. The first-order chi connectivity index (χ1) is 13.2. The van der Waals surface area contributed by atoms with Crippen molar-refractivity contribution in [2.75, 3.05) is 26.3 Å². The van der Waals surface area contributed by atoms with Crippen molar-refractivity contribution in [2.45, 2.75) is 96.6 Å². The molecule has 0 aliphatic heterocycles. The summed E-state index contributed by atoms with van der Waals surface area (Å²) >= 11 is 0. The van der Waals surface area contributed by atoms with Crippen molar-refractivity contribution in [1.29, 1.82) is 0 Å². The molecule has 2 amide bonds. The zero-order valence-electron chi connectivity index (χ0n) is 17.3. The van der Waals surface area contributed by atoms with Gasteiger partial charge in [0.1, 0.15) is 0 Å². The van der Waals surface area contributed by atoms with Crippen LogP contribution in [0, 0.1) is 0 Å². The largest absolute Gasteiger partial charge is 0.450 e. The maximum absolute atomic E-state index is 12.5. The van der Waals surface area contributed by atoms with Gasteiger partial charge in [-0.1, -0.05) is 38.5 Å². The lowest BCUT2D eigenvalue weighted by molar-refractivity contribution is 0.0678. The van der Waals surface area contributed by atoms with E-state index >= 15 is 0 Å². The normalized spacial score (nSPS) is 18.7. The number of carbonyl (C=O) groups excluding carboxylic acids is 2. The molecule has 0 spiro atoms. The molecule has 2 fully saturated rings. The Kier molecular flexibility index (Phi) is 9.78. The topological polar surface area (TPSA) is 59.1 Å². The number of rotatable bonds is 8. The van der Waals surface area contributed by atoms with Crippen LogP contribution in [-0.4, -0.2) is 60.4 Å². The highest BCUT2D eigenvalue weighted by Crippen LogP contribution is 2.25. The average molecular weight is 383 g/mol. The van der Waals surface area contributed by atoms with E-state index in [1.165, 1.54) is 38.5 Å². The quantitative estimate of drug-likeness (QED) is 0.595. The number of nitrogens with zero attached hydrogens (tertiary/aromatic N) is 2. The summed E-state index contributed by atoms with van der Waals surface area (Å²) in [7, 11) is 0. The number of carbonyl (C=O) groups is 2. The lowest BCUT2D eigenvalue weighted by Gasteiger charge is -2.36. The molecule has 0 N–H and O–H groups in total. The number of hydrogen-bond acceptors (Lipinski definition) is 4. The predicted octanol–water partition coefficient (Wildman–Crippen LogP) is 4.96. The van der Waals surface area contributed by atoms with E-state index < -0.39 is 0 Å². The Labute approximate surface area is 164 Å². The second-order valence-corrected chi connectivity index (χ2v) is 7.72. The minimum atomic E-state index is -0.204. The first kappa shape index (κ1) is 21.8. The Morgan fingerprint density at radius 2 is 1.07 bits per heavy atom. The maximum atomic E-state index is 12.5. The van der Waals surface area contributed by atoms with Crippen LogP contribution >= 0.6 is 0 Å². The predicted molar refractivity (Wildman–Crippen MR) is 106 cm³/mol. The van der Waals surface area contributed by atoms with Gasteiger partial charge in [0.15, 0.2) is 0 Å². The summed E-state index contributed by atoms with van der Waals surface area (Å²) in [6, 6.07) is 0.562. The van der Waals surface area contributed by atoms with E-state index in [-0.39, 0.29) is 24.3 Å². The highest BCUT2D eigenvalue weighted by Gasteiger charge is 2.29. The average Bonchev–Trinajstić information content (AvgIpc) is 2.69. The Hall–Kier alpha value is -1.46. The van der Waals surface area contributed by atoms with E-state index in [1.54, 1.807) is 0 Å². The molecule has 0 radical (unpaired) electrons. The lowest BCUT2D eigenvalue weighted by atomic mass is 9.94. The third kappa shape index (κ3) is 6.89. The van der Waals surface area contributed by atoms with Gasteiger partial charge in [-0.15, -0.1) is 0 Å². The van der Waals surface area contributed by atoms with Gasteiger partial charge in [0.25, 0.3) is 0 Å². The summed E-state index contributed by atoms with van der Waals surface area (Å²) in [6.07, 6.45) is 11.8. The molecule has 2 saturated carbocycles. The van der Waals surface area contributed by atoms with E-state index in [1.807, 2.05) is 23.6 Å². The zero-order valence-corrected chi connectivity index (χ0v) is 17.3. The molecule has 0 saturated heterocycles. The molecule has 156 valence electrons. The van der Waals surface area contributed by atoms with Gasteiger partial charge in [0, 0.05) is 25.2 Å². The first-order valence-corrected chi connectivity index (χ1v) is 11.0. The summed E-state index contributed by atoms with van der Waals surface area (Å²) in [5.41, 5.74) is 0. The molecule has 0 bridgehead atoms. The van der Waals surface area contributed by atoms with Crippen LogP contribution in [0.2, 0.25) is 0 Å². The Balaban J connectivity index is 1.93. The van der Waals surface area contributed by atoms with Crippen molar-refractivity contribution < 1.29 is 19.1 Å². The van der Waals surface area contributed by atoms with Gasteiger partial charge < -0.3 is 19.3 Å². The third-order valence-corrected chi connectivity index (χ3v) is 5.83. The molecule has 6 heteroatoms. The zero-order chi connectivity index (χ0) is 19.5. The van der Waals surface area contributed by atoms with E-state index in [0.29, 0.717) is 26.3 Å². The minimum absolute atomic E-state index is 0.204. The SMILES string of the molecule is CCOC(=O)N(CCCN(C(=O)OCC)C1CCCCC1)C1CCCCC1. The van der Waals surface area contributed by atoms with Crippen LogP contribution < -0.4 is 0 Å². The van der Waals surface area contributed by atoms with Gasteiger partial charge in [0.05, 0.1) is 13.2 Å². The van der Waals surface area contributed by atoms with E-state index in [2.05, 4.69) is 0 Å². The molecule has 2 rings (SSSR count). The molecule has 0 aromatic carbocycles. The van der Waals surface area contributed by atoms with Crippen LogP contribution in [0.3, 0.4) is 0 Å². The monoisotopic (exact) mass is 382 g/mol. The van der Waals surface area contributed by atoms with E-state index in [0.717, 1.165) is 32.1 Å². The van der Waals surface area contributed by atoms with Crippen LogP contribution in [0.4, 0.5) is 9.59 Å². The van der Waals surface area contributed by atoms with Crippen molar-refractivity contribution in [1.82, 2.24) is 9.80 Å². The van der Waals surface area contributed by atoms with E-state index in [4.69, 9.17) is 9.47 Å². The van der Waals surface area contributed by atoms with Crippen LogP contribution in [0.25, 0.3) is 0 Å². The second kappa shape index (κ2) is 12.1. The molecule has 0 aromatic heterocycles. The van der Waals surface area contributed by atoms with Gasteiger partial charge in [0.2, 0.25) is 0 Å². The fourth-order valence-electron chi connectivity index (χ4n) is 4.46. The molecular formula is C21H38N2O4. The molecule has 2 aliphatic carbocycles. The fraction of sp³-hybridized carbons (Fsp3) is 0.905. The van der Waals surface area contributed by atoms with Crippen molar-refractivity contribution in [3.63, 3.8) is 0 Å². The number of amides is 2. The molecule has 0 unspecified atom stereocenters. The van der Waals surface area contributed by atoms with Gasteiger partial charge in [-0.2, -0.15) is 0 Å². The van der Waals surface area contributed by atoms with Gasteiger partial charge in [-0.25, -0.2) is 9.59 Å². The van der Waals surface area contributed by atoms with Crippen molar-refractivity contribution >= 4 is 12.2 Å². The smallest absolute Gasteiger partial charge is 0.409 e. The number of ether oxygens (including phenoxy) is 2. The van der Waals surface area contributed by atoms with Gasteiger partial charge >= 0.3 is 12.2 Å². The maximum Gasteiger partial charge on any atom is 0.409 e. The van der Waals surface area contributed by atoms with Crippen molar-refractivity contribution in [2.24, 2.45) is 0 Å². The fourth-order valence-corrected chi connectivity index (χ4v) is 4.46. The van der Waals surface area contributed by atoms with Crippen LogP contribution in [0.15, 0.2) is 0 Å². The van der Waals surface area contributed by atoms with E-state index in [9.17, 15) is 9.59 Å². The standard InChI is InChI=1S/C21H38N2O4/c1-3-26-20(24)22(18-12-7-5-8-13-18)16-11-17-23(21(25)27-4-2)19-14-9-6-10-15-19/h18-19H,3-17H2,1-2H3. The van der Waals surface area contributed by atoms with Crippen molar-refractivity contribution in [3.8, 4) is 0 Å². The van der Waals surface area contributed by atoms with Crippen molar-refractivity contribution in [3.05, 3.63) is 0 Å². The highest BCUT2D eigenvalue weighted by molar-refractivity contribution is 5.68. The third-order valence-electron chi connectivity index (χ3n) is 5.83. The Morgan fingerprint density at radius 1 is 0.704 bits per heavy atom. The summed E-state index contributed by atoms with van der Waals surface area (Å²) in [5, 5.41) is 0. The second-order valence-electron chi connectivity index (χ2n) is 7.72. The highest BCUT2D eigenvalue weighted by atomic mass is 16.6. The molecule has 6 nitrogen and oxygen atoms in total. The summed E-state index contributed by atoms with van der Waals surface area (Å²) < 4.78 is 10.6. The summed E-state index contributed by atoms with van der Waals surface area (Å²) in [5.74, 6) is 0. The first-order valence-electron chi connectivity index (χ1n) is 11.0. The van der Waals surface area contributed by atoms with Gasteiger partial charge in [-0.3, -0.25) is 0 Å². The molecule has 0 heterocycles. The molecular weight excluding hydrogens is 344 g/mol. The van der Waals surface area contributed by atoms with Crippen LogP contribution in [0.5, 0.6) is 0 Å². The summed E-state index contributed by atoms with van der Waals surface area (Å²) in [6.45, 7) is 5.79. The van der Waals surface area contributed by atoms with Crippen LogP contribution in [0.1, 0.15) is 84.5 Å². The minimum Gasteiger partial charge on any atom is -0.450 e. The Bertz CT molecular complexity index is 405. The summed E-state index contributed by atoms with van der Waals surface area (Å²) in [4.78, 5) is 28.7. The molecule has 0 atom stereocenters. The lowest BCUT2D eigenvalue weighted by Crippen LogP contribution is -2.46. The van der Waals surface area contributed by atoms with Crippen LogP contribution in [-0.2, 0) is 9.47 Å². The Morgan fingerprint density at radius 3 is 1.41 bits per heavy atom. The number of hydrogen-bond donors (Lipinski definition) is 0. The molecule has 0 aromatic rings.